The maximum atomic E-state index is 3.54. The zero-order valence-corrected chi connectivity index (χ0v) is 9.63. The van der Waals surface area contributed by atoms with Crippen LogP contribution in [0.15, 0.2) is 24.3 Å². The maximum Gasteiger partial charge on any atom is 0.0208 e. The molecule has 0 spiro atoms. The lowest BCUT2D eigenvalue weighted by atomic mass is 10.1. The molecule has 1 N–H and O–H groups in total. The van der Waals surface area contributed by atoms with Crippen LogP contribution in [0, 0.1) is 0 Å². The van der Waals surface area contributed by atoms with Crippen LogP contribution in [0.25, 0.3) is 0 Å². The third-order valence-electron chi connectivity index (χ3n) is 3.01. The molecule has 0 saturated heterocycles. The molecular weight excluding hydrogens is 182 g/mol. The fourth-order valence-electron chi connectivity index (χ4n) is 1.75. The molecule has 0 bridgehead atoms. The Morgan fingerprint density at radius 2 is 1.80 bits per heavy atom. The molecule has 82 valence electrons. The molecule has 0 radical (unpaired) electrons. The molecule has 2 rings (SSSR count). The number of benzene rings is 1. The van der Waals surface area contributed by atoms with Gasteiger partial charge in [0.05, 0.1) is 0 Å². The van der Waals surface area contributed by atoms with Crippen LogP contribution in [0.5, 0.6) is 0 Å². The zero-order valence-electron chi connectivity index (χ0n) is 9.63. The number of hydrogen-bond acceptors (Lipinski definition) is 1. The van der Waals surface area contributed by atoms with Gasteiger partial charge in [-0.05, 0) is 36.8 Å². The zero-order chi connectivity index (χ0) is 10.5. The molecule has 1 aromatic carbocycles. The highest BCUT2D eigenvalue weighted by atomic mass is 14.9. The predicted octanol–water partition coefficient (Wildman–Crippen LogP) is 3.28. The van der Waals surface area contributed by atoms with Gasteiger partial charge in [-0.15, -0.1) is 0 Å². The molecule has 1 fully saturated rings. The van der Waals surface area contributed by atoms with E-state index in [0.717, 1.165) is 12.6 Å². The van der Waals surface area contributed by atoms with Gasteiger partial charge >= 0.3 is 0 Å². The molecular formula is C14H21N. The summed E-state index contributed by atoms with van der Waals surface area (Å²) in [6.07, 6.45) is 6.56. The van der Waals surface area contributed by atoms with Gasteiger partial charge in [-0.2, -0.15) is 0 Å². The Balaban J connectivity index is 1.79. The normalized spacial score (nSPS) is 15.5. The Morgan fingerprint density at radius 3 is 2.40 bits per heavy atom. The molecule has 1 aliphatic rings. The van der Waals surface area contributed by atoms with Crippen LogP contribution in [-0.2, 0) is 13.0 Å². The minimum Gasteiger partial charge on any atom is -0.310 e. The quantitative estimate of drug-likeness (QED) is 0.748. The monoisotopic (exact) mass is 203 g/mol. The molecule has 0 atom stereocenters. The summed E-state index contributed by atoms with van der Waals surface area (Å²) >= 11 is 0. The van der Waals surface area contributed by atoms with Gasteiger partial charge < -0.3 is 5.32 Å². The summed E-state index contributed by atoms with van der Waals surface area (Å²) in [6, 6.07) is 9.89. The molecule has 0 aliphatic heterocycles. The molecule has 0 amide bonds. The highest BCUT2D eigenvalue weighted by Gasteiger charge is 2.19. The Hall–Kier alpha value is -0.820. The third kappa shape index (κ3) is 3.67. The fourth-order valence-corrected chi connectivity index (χ4v) is 1.75. The average Bonchev–Trinajstić information content (AvgIpc) is 3.09. The van der Waals surface area contributed by atoms with Crippen LogP contribution in [0.4, 0.5) is 0 Å². The second-order valence-electron chi connectivity index (χ2n) is 4.58. The highest BCUT2D eigenvalue weighted by Crippen LogP contribution is 2.19. The summed E-state index contributed by atoms with van der Waals surface area (Å²) in [4.78, 5) is 0. The Morgan fingerprint density at radius 1 is 1.13 bits per heavy atom. The van der Waals surface area contributed by atoms with E-state index in [1.54, 1.807) is 0 Å². The Bertz CT molecular complexity index is 285. The first-order valence-electron chi connectivity index (χ1n) is 6.19. The van der Waals surface area contributed by atoms with Crippen molar-refractivity contribution in [2.45, 2.75) is 51.6 Å². The van der Waals surface area contributed by atoms with Gasteiger partial charge in [0.15, 0.2) is 0 Å². The van der Waals surface area contributed by atoms with Crippen molar-refractivity contribution >= 4 is 0 Å². The number of nitrogens with one attached hydrogen (secondary N) is 1. The van der Waals surface area contributed by atoms with Crippen LogP contribution >= 0.6 is 0 Å². The molecule has 0 unspecified atom stereocenters. The first kappa shape index (κ1) is 10.7. The van der Waals surface area contributed by atoms with Gasteiger partial charge in [0.25, 0.3) is 0 Å². The van der Waals surface area contributed by atoms with E-state index in [-0.39, 0.29) is 0 Å². The van der Waals surface area contributed by atoms with Crippen molar-refractivity contribution in [2.24, 2.45) is 0 Å². The summed E-state index contributed by atoms with van der Waals surface area (Å²) in [5, 5.41) is 3.54. The summed E-state index contributed by atoms with van der Waals surface area (Å²) in [5.41, 5.74) is 2.90. The van der Waals surface area contributed by atoms with E-state index in [4.69, 9.17) is 0 Å². The van der Waals surface area contributed by atoms with Crippen LogP contribution < -0.4 is 5.32 Å². The standard InChI is InChI=1S/C14H21N/c1-2-3-4-12-5-7-13(8-6-12)11-15-14-9-10-14/h5-8,14-15H,2-4,9-11H2,1H3. The summed E-state index contributed by atoms with van der Waals surface area (Å²) in [6.45, 7) is 3.28. The topological polar surface area (TPSA) is 12.0 Å². The van der Waals surface area contributed by atoms with Gasteiger partial charge in [-0.1, -0.05) is 37.6 Å². The maximum absolute atomic E-state index is 3.54. The van der Waals surface area contributed by atoms with Gasteiger partial charge in [0.1, 0.15) is 0 Å². The smallest absolute Gasteiger partial charge is 0.0208 e. The average molecular weight is 203 g/mol. The molecule has 1 heteroatoms. The second-order valence-corrected chi connectivity index (χ2v) is 4.58. The lowest BCUT2D eigenvalue weighted by Crippen LogP contribution is -2.15. The van der Waals surface area contributed by atoms with Crippen molar-refractivity contribution in [3.63, 3.8) is 0 Å². The van der Waals surface area contributed by atoms with Crippen molar-refractivity contribution in [1.82, 2.24) is 5.32 Å². The molecule has 1 aliphatic carbocycles. The lowest BCUT2D eigenvalue weighted by molar-refractivity contribution is 0.687. The number of unbranched alkanes of at least 4 members (excludes halogenated alkanes) is 1. The molecule has 1 saturated carbocycles. The molecule has 0 heterocycles. The van der Waals surface area contributed by atoms with Crippen molar-refractivity contribution < 1.29 is 0 Å². The van der Waals surface area contributed by atoms with Crippen LogP contribution in [0.2, 0.25) is 0 Å². The van der Waals surface area contributed by atoms with Gasteiger partial charge in [-0.3, -0.25) is 0 Å². The highest BCUT2D eigenvalue weighted by molar-refractivity contribution is 5.22. The lowest BCUT2D eigenvalue weighted by Gasteiger charge is -2.04. The predicted molar refractivity (Wildman–Crippen MR) is 64.9 cm³/mol. The third-order valence-corrected chi connectivity index (χ3v) is 3.01. The van der Waals surface area contributed by atoms with E-state index in [9.17, 15) is 0 Å². The number of rotatable bonds is 6. The van der Waals surface area contributed by atoms with Crippen molar-refractivity contribution in [2.75, 3.05) is 0 Å². The number of hydrogen-bond donors (Lipinski definition) is 1. The van der Waals surface area contributed by atoms with E-state index in [1.165, 1.54) is 43.2 Å². The Kier molecular flexibility index (Phi) is 3.79. The van der Waals surface area contributed by atoms with Gasteiger partial charge in [0, 0.05) is 12.6 Å². The Labute approximate surface area is 92.9 Å². The van der Waals surface area contributed by atoms with E-state index >= 15 is 0 Å². The van der Waals surface area contributed by atoms with Crippen molar-refractivity contribution in [1.29, 1.82) is 0 Å². The second kappa shape index (κ2) is 5.32. The van der Waals surface area contributed by atoms with E-state index in [1.807, 2.05) is 0 Å². The molecule has 15 heavy (non-hydrogen) atoms. The van der Waals surface area contributed by atoms with Crippen LogP contribution in [0.3, 0.4) is 0 Å². The van der Waals surface area contributed by atoms with E-state index in [2.05, 4.69) is 36.5 Å². The van der Waals surface area contributed by atoms with E-state index in [0.29, 0.717) is 0 Å². The van der Waals surface area contributed by atoms with Crippen molar-refractivity contribution in [3.05, 3.63) is 35.4 Å². The number of aryl methyl sites for hydroxylation is 1. The van der Waals surface area contributed by atoms with E-state index < -0.39 is 0 Å². The largest absolute Gasteiger partial charge is 0.310 e. The summed E-state index contributed by atoms with van der Waals surface area (Å²) in [5.74, 6) is 0. The minimum atomic E-state index is 0.810. The van der Waals surface area contributed by atoms with Crippen LogP contribution in [-0.4, -0.2) is 6.04 Å². The van der Waals surface area contributed by atoms with Gasteiger partial charge in [0.2, 0.25) is 0 Å². The molecule has 0 aromatic heterocycles. The first-order chi connectivity index (χ1) is 7.38. The van der Waals surface area contributed by atoms with Gasteiger partial charge in [-0.25, -0.2) is 0 Å². The molecule has 1 aromatic rings. The minimum absolute atomic E-state index is 0.810. The van der Waals surface area contributed by atoms with Crippen molar-refractivity contribution in [3.8, 4) is 0 Å². The summed E-state index contributed by atoms with van der Waals surface area (Å²) < 4.78 is 0. The molecule has 1 nitrogen and oxygen atoms in total. The fraction of sp³-hybridized carbons (Fsp3) is 0.571. The van der Waals surface area contributed by atoms with Crippen LogP contribution in [0.1, 0.15) is 43.7 Å². The first-order valence-corrected chi connectivity index (χ1v) is 6.19. The summed E-state index contributed by atoms with van der Waals surface area (Å²) in [7, 11) is 0. The SMILES string of the molecule is CCCCc1ccc(CNC2CC2)cc1.